The second-order valence-electron chi connectivity index (χ2n) is 4.63. The van der Waals surface area contributed by atoms with Gasteiger partial charge in [-0.3, -0.25) is 0 Å². The van der Waals surface area contributed by atoms with E-state index in [1.54, 1.807) is 6.07 Å². The molecule has 1 unspecified atom stereocenters. The first-order valence-electron chi connectivity index (χ1n) is 5.51. The van der Waals surface area contributed by atoms with Crippen molar-refractivity contribution in [2.45, 2.75) is 38.7 Å². The standard InChI is InChI=1S/C13H16O3/c1-8-6-9(2)10-4-3-5-13(16,12(14)15)11(10)7-8/h6-7,16H,3-5H2,1-2H3,(H,14,15). The number of aryl methyl sites for hydroxylation is 2. The molecule has 0 amide bonds. The molecule has 2 N–H and O–H groups in total. The number of hydrogen-bond acceptors (Lipinski definition) is 2. The van der Waals surface area contributed by atoms with Crippen molar-refractivity contribution < 1.29 is 15.0 Å². The molecular weight excluding hydrogens is 204 g/mol. The predicted molar refractivity (Wildman–Crippen MR) is 60.4 cm³/mol. The lowest BCUT2D eigenvalue weighted by Gasteiger charge is -2.32. The smallest absolute Gasteiger partial charge is 0.340 e. The minimum Gasteiger partial charge on any atom is -0.479 e. The number of benzene rings is 1. The topological polar surface area (TPSA) is 57.5 Å². The fourth-order valence-electron chi connectivity index (χ4n) is 2.58. The highest BCUT2D eigenvalue weighted by atomic mass is 16.4. The van der Waals surface area contributed by atoms with Crippen LogP contribution in [0.2, 0.25) is 0 Å². The number of carboxylic acid groups (broad SMARTS) is 1. The number of hydrogen-bond donors (Lipinski definition) is 2. The molecule has 0 aliphatic heterocycles. The zero-order valence-corrected chi connectivity index (χ0v) is 9.58. The monoisotopic (exact) mass is 220 g/mol. The summed E-state index contributed by atoms with van der Waals surface area (Å²) in [7, 11) is 0. The molecule has 0 bridgehead atoms. The molecule has 1 aliphatic rings. The lowest BCUT2D eigenvalue weighted by atomic mass is 9.77. The van der Waals surface area contributed by atoms with Crippen LogP contribution in [0.3, 0.4) is 0 Å². The number of carboxylic acids is 1. The van der Waals surface area contributed by atoms with E-state index >= 15 is 0 Å². The van der Waals surface area contributed by atoms with Gasteiger partial charge in [0.1, 0.15) is 0 Å². The van der Waals surface area contributed by atoms with Crippen molar-refractivity contribution in [3.05, 3.63) is 34.4 Å². The van der Waals surface area contributed by atoms with Crippen molar-refractivity contribution in [2.75, 3.05) is 0 Å². The van der Waals surface area contributed by atoms with Gasteiger partial charge in [0, 0.05) is 0 Å². The maximum absolute atomic E-state index is 11.2. The van der Waals surface area contributed by atoms with E-state index in [4.69, 9.17) is 0 Å². The van der Waals surface area contributed by atoms with E-state index in [1.807, 2.05) is 19.9 Å². The van der Waals surface area contributed by atoms with Crippen LogP contribution in [0.1, 0.15) is 35.1 Å². The van der Waals surface area contributed by atoms with Crippen molar-refractivity contribution in [1.29, 1.82) is 0 Å². The molecule has 0 saturated heterocycles. The third kappa shape index (κ3) is 1.52. The maximum Gasteiger partial charge on any atom is 0.340 e. The Bertz CT molecular complexity index is 451. The van der Waals surface area contributed by atoms with Crippen LogP contribution in [0.25, 0.3) is 0 Å². The minimum absolute atomic E-state index is 0.304. The third-order valence-electron chi connectivity index (χ3n) is 3.38. The average Bonchev–Trinajstić information content (AvgIpc) is 2.19. The summed E-state index contributed by atoms with van der Waals surface area (Å²) in [5.74, 6) is -1.14. The molecule has 3 nitrogen and oxygen atoms in total. The van der Waals surface area contributed by atoms with E-state index in [-0.39, 0.29) is 0 Å². The van der Waals surface area contributed by atoms with Crippen LogP contribution in [0, 0.1) is 13.8 Å². The lowest BCUT2D eigenvalue weighted by Crippen LogP contribution is -2.39. The van der Waals surface area contributed by atoms with Gasteiger partial charge >= 0.3 is 5.97 Å². The van der Waals surface area contributed by atoms with Gasteiger partial charge in [0.25, 0.3) is 0 Å². The zero-order chi connectivity index (χ0) is 11.9. The van der Waals surface area contributed by atoms with Gasteiger partial charge in [0.2, 0.25) is 0 Å². The fraction of sp³-hybridized carbons (Fsp3) is 0.462. The first-order chi connectivity index (χ1) is 7.45. The largest absolute Gasteiger partial charge is 0.479 e. The van der Waals surface area contributed by atoms with Crippen molar-refractivity contribution >= 4 is 5.97 Å². The van der Waals surface area contributed by atoms with Gasteiger partial charge in [-0.1, -0.05) is 17.7 Å². The molecule has 1 aromatic rings. The number of aliphatic carboxylic acids is 1. The molecular formula is C13H16O3. The Morgan fingerprint density at radius 2 is 2.06 bits per heavy atom. The predicted octanol–water partition coefficient (Wildman–Crippen LogP) is 1.91. The second-order valence-corrected chi connectivity index (χ2v) is 4.63. The number of fused-ring (bicyclic) bond motifs is 1. The van der Waals surface area contributed by atoms with Crippen LogP contribution in [0.4, 0.5) is 0 Å². The van der Waals surface area contributed by atoms with Crippen LogP contribution in [0.15, 0.2) is 12.1 Å². The zero-order valence-electron chi connectivity index (χ0n) is 9.58. The molecule has 0 fully saturated rings. The fourth-order valence-corrected chi connectivity index (χ4v) is 2.58. The van der Waals surface area contributed by atoms with E-state index in [0.717, 1.165) is 29.5 Å². The minimum atomic E-state index is -1.69. The molecule has 86 valence electrons. The highest BCUT2D eigenvalue weighted by Gasteiger charge is 2.42. The second kappa shape index (κ2) is 3.59. The van der Waals surface area contributed by atoms with Crippen LogP contribution in [-0.2, 0) is 16.8 Å². The van der Waals surface area contributed by atoms with Crippen LogP contribution in [0.5, 0.6) is 0 Å². The van der Waals surface area contributed by atoms with Gasteiger partial charge in [-0.25, -0.2) is 4.79 Å². The van der Waals surface area contributed by atoms with Gasteiger partial charge < -0.3 is 10.2 Å². The van der Waals surface area contributed by atoms with E-state index in [9.17, 15) is 15.0 Å². The molecule has 0 radical (unpaired) electrons. The Labute approximate surface area is 94.7 Å². The van der Waals surface area contributed by atoms with E-state index in [2.05, 4.69) is 0 Å². The summed E-state index contributed by atoms with van der Waals surface area (Å²) in [6.07, 6.45) is 1.88. The molecule has 1 aromatic carbocycles. The summed E-state index contributed by atoms with van der Waals surface area (Å²) in [6, 6.07) is 3.84. The summed E-state index contributed by atoms with van der Waals surface area (Å²) < 4.78 is 0. The molecule has 2 rings (SSSR count). The van der Waals surface area contributed by atoms with Gasteiger partial charge in [0.05, 0.1) is 0 Å². The van der Waals surface area contributed by atoms with Gasteiger partial charge in [-0.15, -0.1) is 0 Å². The van der Waals surface area contributed by atoms with Crippen LogP contribution < -0.4 is 0 Å². The Morgan fingerprint density at radius 3 is 2.69 bits per heavy atom. The summed E-state index contributed by atoms with van der Waals surface area (Å²) in [5, 5.41) is 19.4. The summed E-state index contributed by atoms with van der Waals surface area (Å²) in [6.45, 7) is 3.89. The summed E-state index contributed by atoms with van der Waals surface area (Å²) in [5.41, 5.74) is 1.97. The van der Waals surface area contributed by atoms with Gasteiger partial charge in [0.15, 0.2) is 5.60 Å². The lowest BCUT2D eigenvalue weighted by molar-refractivity contribution is -0.161. The van der Waals surface area contributed by atoms with Crippen LogP contribution in [-0.4, -0.2) is 16.2 Å². The van der Waals surface area contributed by atoms with Crippen molar-refractivity contribution in [2.24, 2.45) is 0 Å². The first kappa shape index (κ1) is 11.1. The Balaban J connectivity index is 2.67. The highest BCUT2D eigenvalue weighted by molar-refractivity contribution is 5.80. The molecule has 0 saturated carbocycles. The molecule has 16 heavy (non-hydrogen) atoms. The highest BCUT2D eigenvalue weighted by Crippen LogP contribution is 2.37. The molecule has 0 spiro atoms. The molecule has 0 heterocycles. The SMILES string of the molecule is Cc1cc(C)c2c(c1)C(O)(C(=O)O)CCC2. The number of carbonyl (C=O) groups is 1. The molecule has 1 atom stereocenters. The van der Waals surface area contributed by atoms with E-state index < -0.39 is 11.6 Å². The quantitative estimate of drug-likeness (QED) is 0.760. The van der Waals surface area contributed by atoms with Crippen molar-refractivity contribution in [3.63, 3.8) is 0 Å². The first-order valence-corrected chi connectivity index (χ1v) is 5.51. The van der Waals surface area contributed by atoms with Gasteiger partial charge in [-0.2, -0.15) is 0 Å². The van der Waals surface area contributed by atoms with Crippen LogP contribution >= 0.6 is 0 Å². The summed E-state index contributed by atoms with van der Waals surface area (Å²) >= 11 is 0. The number of rotatable bonds is 1. The maximum atomic E-state index is 11.2. The Kier molecular flexibility index (Phi) is 2.50. The average molecular weight is 220 g/mol. The van der Waals surface area contributed by atoms with E-state index in [1.165, 1.54) is 0 Å². The molecule has 0 aromatic heterocycles. The third-order valence-corrected chi connectivity index (χ3v) is 3.38. The summed E-state index contributed by atoms with van der Waals surface area (Å²) in [4.78, 5) is 11.2. The van der Waals surface area contributed by atoms with Crippen molar-refractivity contribution in [1.82, 2.24) is 0 Å². The van der Waals surface area contributed by atoms with E-state index in [0.29, 0.717) is 12.0 Å². The molecule has 3 heteroatoms. The van der Waals surface area contributed by atoms with Crippen molar-refractivity contribution in [3.8, 4) is 0 Å². The molecule has 1 aliphatic carbocycles. The number of aliphatic hydroxyl groups is 1. The van der Waals surface area contributed by atoms with Gasteiger partial charge in [-0.05, 0) is 49.8 Å². The Morgan fingerprint density at radius 1 is 1.38 bits per heavy atom. The normalized spacial score (nSPS) is 23.9. The Hall–Kier alpha value is -1.35.